The van der Waals surface area contributed by atoms with Crippen molar-refractivity contribution in [3.63, 3.8) is 0 Å². The fourth-order valence-electron chi connectivity index (χ4n) is 2.11. The largest absolute Gasteiger partial charge is 0.504 e. The van der Waals surface area contributed by atoms with Crippen LogP contribution in [0.15, 0.2) is 42.5 Å². The summed E-state index contributed by atoms with van der Waals surface area (Å²) in [5, 5.41) is 9.79. The number of phenols is 1. The van der Waals surface area contributed by atoms with Crippen LogP contribution in [0.2, 0.25) is 0 Å². The molecule has 0 bridgehead atoms. The highest BCUT2D eigenvalue weighted by molar-refractivity contribution is 5.48. The van der Waals surface area contributed by atoms with Crippen molar-refractivity contribution in [1.82, 2.24) is 0 Å². The summed E-state index contributed by atoms with van der Waals surface area (Å²) in [5.74, 6) is 0.307. The molecular formula is C16H18FNO2. The second kappa shape index (κ2) is 6.28. The molecule has 20 heavy (non-hydrogen) atoms. The quantitative estimate of drug-likeness (QED) is 0.905. The zero-order valence-electron chi connectivity index (χ0n) is 11.6. The standard InChI is InChI=1S/C16H18FNO2/c1-3-18(14-6-4-5-13(17)10-14)11-12-7-8-16(20-2)15(19)9-12/h4-10,19H,3,11H2,1-2H3. The maximum atomic E-state index is 13.3. The van der Waals surface area contributed by atoms with Gasteiger partial charge in [-0.05, 0) is 42.8 Å². The number of halogens is 1. The molecule has 0 unspecified atom stereocenters. The first-order chi connectivity index (χ1) is 9.63. The number of ether oxygens (including phenoxy) is 1. The first kappa shape index (κ1) is 14.2. The van der Waals surface area contributed by atoms with Gasteiger partial charge in [-0.1, -0.05) is 12.1 Å². The van der Waals surface area contributed by atoms with E-state index in [1.165, 1.54) is 19.2 Å². The Morgan fingerprint density at radius 1 is 1.20 bits per heavy atom. The van der Waals surface area contributed by atoms with Crippen LogP contribution in [-0.2, 0) is 6.54 Å². The lowest BCUT2D eigenvalue weighted by atomic mass is 10.1. The number of methoxy groups -OCH3 is 1. The van der Waals surface area contributed by atoms with Gasteiger partial charge in [0.2, 0.25) is 0 Å². The summed E-state index contributed by atoms with van der Waals surface area (Å²) in [4.78, 5) is 2.03. The summed E-state index contributed by atoms with van der Waals surface area (Å²) < 4.78 is 18.3. The fourth-order valence-corrected chi connectivity index (χ4v) is 2.11. The third-order valence-electron chi connectivity index (χ3n) is 3.17. The van der Waals surface area contributed by atoms with Crippen molar-refractivity contribution < 1.29 is 14.2 Å². The molecule has 3 nitrogen and oxygen atoms in total. The van der Waals surface area contributed by atoms with Crippen molar-refractivity contribution in [2.75, 3.05) is 18.6 Å². The first-order valence-electron chi connectivity index (χ1n) is 6.50. The molecule has 106 valence electrons. The van der Waals surface area contributed by atoms with Gasteiger partial charge in [-0.25, -0.2) is 4.39 Å². The van der Waals surface area contributed by atoms with E-state index in [2.05, 4.69) is 0 Å². The van der Waals surface area contributed by atoms with Crippen molar-refractivity contribution in [2.45, 2.75) is 13.5 Å². The lowest BCUT2D eigenvalue weighted by Gasteiger charge is -2.23. The van der Waals surface area contributed by atoms with Gasteiger partial charge in [-0.15, -0.1) is 0 Å². The van der Waals surface area contributed by atoms with Gasteiger partial charge in [0.05, 0.1) is 7.11 Å². The number of phenolic OH excluding ortho intramolecular Hbond substituents is 1. The van der Waals surface area contributed by atoms with Crippen LogP contribution in [0.4, 0.5) is 10.1 Å². The predicted molar refractivity (Wildman–Crippen MR) is 77.8 cm³/mol. The van der Waals surface area contributed by atoms with Gasteiger partial charge < -0.3 is 14.7 Å². The number of nitrogens with zero attached hydrogens (tertiary/aromatic N) is 1. The summed E-state index contributed by atoms with van der Waals surface area (Å²) in [6.45, 7) is 3.35. The predicted octanol–water partition coefficient (Wildman–Crippen LogP) is 3.57. The molecule has 0 aliphatic carbocycles. The lowest BCUT2D eigenvalue weighted by molar-refractivity contribution is 0.373. The minimum absolute atomic E-state index is 0.111. The van der Waals surface area contributed by atoms with E-state index in [-0.39, 0.29) is 11.6 Å². The number of hydrogen-bond donors (Lipinski definition) is 1. The van der Waals surface area contributed by atoms with Crippen LogP contribution < -0.4 is 9.64 Å². The van der Waals surface area contributed by atoms with Crippen molar-refractivity contribution >= 4 is 5.69 Å². The van der Waals surface area contributed by atoms with Gasteiger partial charge in [0.15, 0.2) is 11.5 Å². The van der Waals surface area contributed by atoms with Crippen LogP contribution in [0.5, 0.6) is 11.5 Å². The SMILES string of the molecule is CCN(Cc1ccc(OC)c(O)c1)c1cccc(F)c1. The Kier molecular flexibility index (Phi) is 4.45. The van der Waals surface area contributed by atoms with Crippen LogP contribution in [-0.4, -0.2) is 18.8 Å². The number of anilines is 1. The van der Waals surface area contributed by atoms with Crippen LogP contribution >= 0.6 is 0 Å². The highest BCUT2D eigenvalue weighted by atomic mass is 19.1. The van der Waals surface area contributed by atoms with E-state index < -0.39 is 0 Å². The Morgan fingerprint density at radius 3 is 2.60 bits per heavy atom. The topological polar surface area (TPSA) is 32.7 Å². The molecule has 0 aliphatic rings. The van der Waals surface area contributed by atoms with E-state index in [9.17, 15) is 9.50 Å². The van der Waals surface area contributed by atoms with Gasteiger partial charge in [-0.2, -0.15) is 0 Å². The smallest absolute Gasteiger partial charge is 0.160 e. The lowest BCUT2D eigenvalue weighted by Crippen LogP contribution is -2.22. The fraction of sp³-hybridized carbons (Fsp3) is 0.250. The summed E-state index contributed by atoms with van der Waals surface area (Å²) in [7, 11) is 1.51. The molecule has 0 heterocycles. The molecule has 2 aromatic rings. The average Bonchev–Trinajstić information content (AvgIpc) is 2.45. The molecule has 0 radical (unpaired) electrons. The number of aromatic hydroxyl groups is 1. The zero-order chi connectivity index (χ0) is 14.5. The van der Waals surface area contributed by atoms with Gasteiger partial charge >= 0.3 is 0 Å². The van der Waals surface area contributed by atoms with Crippen molar-refractivity contribution in [3.05, 3.63) is 53.8 Å². The van der Waals surface area contributed by atoms with Crippen LogP contribution in [0.1, 0.15) is 12.5 Å². The van der Waals surface area contributed by atoms with E-state index >= 15 is 0 Å². The summed E-state index contributed by atoms with van der Waals surface area (Å²) in [6.07, 6.45) is 0. The molecule has 0 fully saturated rings. The number of hydrogen-bond acceptors (Lipinski definition) is 3. The van der Waals surface area contributed by atoms with E-state index in [1.807, 2.05) is 24.0 Å². The van der Waals surface area contributed by atoms with E-state index in [1.54, 1.807) is 18.2 Å². The molecule has 0 saturated heterocycles. The Labute approximate surface area is 118 Å². The van der Waals surface area contributed by atoms with Gasteiger partial charge in [0.1, 0.15) is 5.82 Å². The highest BCUT2D eigenvalue weighted by Gasteiger charge is 2.08. The van der Waals surface area contributed by atoms with E-state index in [0.29, 0.717) is 12.3 Å². The molecule has 0 aliphatic heterocycles. The molecule has 2 aromatic carbocycles. The summed E-state index contributed by atoms with van der Waals surface area (Å²) in [6, 6.07) is 11.8. The van der Waals surface area contributed by atoms with Gasteiger partial charge in [-0.3, -0.25) is 0 Å². The summed E-state index contributed by atoms with van der Waals surface area (Å²) in [5.41, 5.74) is 1.76. The van der Waals surface area contributed by atoms with Crippen LogP contribution in [0.3, 0.4) is 0 Å². The van der Waals surface area contributed by atoms with E-state index in [0.717, 1.165) is 17.8 Å². The second-order valence-electron chi connectivity index (χ2n) is 4.50. The van der Waals surface area contributed by atoms with Crippen LogP contribution in [0.25, 0.3) is 0 Å². The van der Waals surface area contributed by atoms with Gasteiger partial charge in [0.25, 0.3) is 0 Å². The highest BCUT2D eigenvalue weighted by Crippen LogP contribution is 2.27. The van der Waals surface area contributed by atoms with Crippen LogP contribution in [0, 0.1) is 5.82 Å². The Hall–Kier alpha value is -2.23. The van der Waals surface area contributed by atoms with Crippen molar-refractivity contribution in [2.24, 2.45) is 0 Å². The molecule has 0 aromatic heterocycles. The molecule has 0 amide bonds. The van der Waals surface area contributed by atoms with Crippen molar-refractivity contribution in [3.8, 4) is 11.5 Å². The monoisotopic (exact) mass is 275 g/mol. The Morgan fingerprint density at radius 2 is 2.00 bits per heavy atom. The minimum Gasteiger partial charge on any atom is -0.504 e. The average molecular weight is 275 g/mol. The summed E-state index contributed by atoms with van der Waals surface area (Å²) >= 11 is 0. The third kappa shape index (κ3) is 3.20. The molecule has 0 spiro atoms. The zero-order valence-corrected chi connectivity index (χ0v) is 11.6. The maximum absolute atomic E-state index is 13.3. The Bertz CT molecular complexity index is 586. The molecule has 2 rings (SSSR count). The molecule has 0 saturated carbocycles. The minimum atomic E-state index is -0.251. The second-order valence-corrected chi connectivity index (χ2v) is 4.50. The van der Waals surface area contributed by atoms with Gasteiger partial charge in [0, 0.05) is 18.8 Å². The number of benzene rings is 2. The van der Waals surface area contributed by atoms with E-state index in [4.69, 9.17) is 4.74 Å². The normalized spacial score (nSPS) is 10.3. The maximum Gasteiger partial charge on any atom is 0.160 e. The molecule has 0 atom stereocenters. The third-order valence-corrected chi connectivity index (χ3v) is 3.17. The molecular weight excluding hydrogens is 257 g/mol. The number of rotatable bonds is 5. The molecule has 1 N–H and O–H groups in total. The van der Waals surface area contributed by atoms with Crippen molar-refractivity contribution in [1.29, 1.82) is 0 Å². The first-order valence-corrected chi connectivity index (χ1v) is 6.50. The molecule has 4 heteroatoms. The Balaban J connectivity index is 2.20.